The van der Waals surface area contributed by atoms with Gasteiger partial charge in [-0.1, -0.05) is 6.58 Å². The molecule has 3 aliphatic heterocycles. The highest BCUT2D eigenvalue weighted by Crippen LogP contribution is 2.48. The molecule has 6 rings (SSSR count). The summed E-state index contributed by atoms with van der Waals surface area (Å²) in [4.78, 5) is 34.7. The summed E-state index contributed by atoms with van der Waals surface area (Å²) in [6.07, 6.45) is 1.31. The normalized spacial score (nSPS) is 18.6. The first-order valence-corrected chi connectivity index (χ1v) is 13.2. The van der Waals surface area contributed by atoms with Crippen molar-refractivity contribution in [3.05, 3.63) is 64.6 Å². The number of carbonyl (C=O) groups excluding carboxylic acids is 1. The van der Waals surface area contributed by atoms with Crippen molar-refractivity contribution in [3.8, 4) is 11.1 Å². The van der Waals surface area contributed by atoms with Crippen molar-refractivity contribution >= 4 is 34.4 Å². The standard InChI is InChI=1S/C27H26F2N4O3S/c1-3-21(34)31-6-8-32(9-7-31)25-19-10-16(2)22(18-5-4-17(28)11-20(18)29)24-23(19)33(26(35)30-25)12-27(15-37-24)13-36-14-27/h3-5,10-11H,1,6-9,12-15H2,2H3. The van der Waals surface area contributed by atoms with E-state index in [1.54, 1.807) is 21.2 Å². The number of benzene rings is 2. The molecule has 3 aliphatic rings. The van der Waals surface area contributed by atoms with Crippen LogP contribution in [0.15, 0.2) is 46.6 Å². The molecule has 2 aromatic carbocycles. The number of halogens is 2. The second-order valence-electron chi connectivity index (χ2n) is 10.0. The van der Waals surface area contributed by atoms with Gasteiger partial charge in [-0.3, -0.25) is 9.36 Å². The van der Waals surface area contributed by atoms with Gasteiger partial charge in [-0.2, -0.15) is 4.98 Å². The van der Waals surface area contributed by atoms with Crippen molar-refractivity contribution in [3.63, 3.8) is 0 Å². The van der Waals surface area contributed by atoms with E-state index in [0.29, 0.717) is 68.6 Å². The average Bonchev–Trinajstić information content (AvgIpc) is 3.05. The second kappa shape index (κ2) is 8.95. The Kier molecular flexibility index (Phi) is 5.83. The molecule has 0 atom stereocenters. The van der Waals surface area contributed by atoms with Crippen molar-refractivity contribution in [1.29, 1.82) is 0 Å². The third-order valence-electron chi connectivity index (χ3n) is 7.49. The number of hydrogen-bond donors (Lipinski definition) is 0. The number of nitrogens with zero attached hydrogens (tertiary/aromatic N) is 4. The van der Waals surface area contributed by atoms with Gasteiger partial charge in [0.25, 0.3) is 0 Å². The Morgan fingerprint density at radius 3 is 2.59 bits per heavy atom. The van der Waals surface area contributed by atoms with Crippen LogP contribution in [-0.4, -0.2) is 65.5 Å². The molecule has 1 aromatic heterocycles. The smallest absolute Gasteiger partial charge is 0.350 e. The minimum absolute atomic E-state index is 0.118. The zero-order valence-corrected chi connectivity index (χ0v) is 21.2. The van der Waals surface area contributed by atoms with Crippen LogP contribution >= 0.6 is 11.8 Å². The van der Waals surface area contributed by atoms with Crippen LogP contribution < -0.4 is 10.6 Å². The number of hydrogen-bond acceptors (Lipinski definition) is 6. The van der Waals surface area contributed by atoms with Gasteiger partial charge < -0.3 is 14.5 Å². The van der Waals surface area contributed by atoms with Crippen LogP contribution in [0.1, 0.15) is 5.56 Å². The van der Waals surface area contributed by atoms with Gasteiger partial charge in [0, 0.05) is 71.4 Å². The van der Waals surface area contributed by atoms with E-state index in [9.17, 15) is 14.0 Å². The fourth-order valence-corrected chi connectivity index (χ4v) is 7.00. The number of ether oxygens (including phenoxy) is 1. The molecule has 0 radical (unpaired) electrons. The molecule has 7 nitrogen and oxygen atoms in total. The fraction of sp³-hybridized carbons (Fsp3) is 0.370. The van der Waals surface area contributed by atoms with E-state index in [1.807, 2.05) is 17.9 Å². The molecule has 10 heteroatoms. The van der Waals surface area contributed by atoms with E-state index in [0.717, 1.165) is 27.4 Å². The summed E-state index contributed by atoms with van der Waals surface area (Å²) >= 11 is 1.59. The molecule has 0 aliphatic carbocycles. The molecule has 37 heavy (non-hydrogen) atoms. The predicted octanol–water partition coefficient (Wildman–Crippen LogP) is 3.61. The largest absolute Gasteiger partial charge is 0.380 e. The average molecular weight is 525 g/mol. The van der Waals surface area contributed by atoms with Gasteiger partial charge in [0.05, 0.1) is 18.7 Å². The highest BCUT2D eigenvalue weighted by atomic mass is 32.2. The van der Waals surface area contributed by atoms with Gasteiger partial charge in [-0.25, -0.2) is 13.6 Å². The second-order valence-corrected chi connectivity index (χ2v) is 11.0. The van der Waals surface area contributed by atoms with Crippen LogP contribution in [-0.2, 0) is 16.1 Å². The zero-order chi connectivity index (χ0) is 25.9. The molecule has 1 amide bonds. The van der Waals surface area contributed by atoms with Gasteiger partial charge in [0.1, 0.15) is 17.5 Å². The Morgan fingerprint density at radius 1 is 1.19 bits per heavy atom. The first-order chi connectivity index (χ1) is 17.8. The summed E-state index contributed by atoms with van der Waals surface area (Å²) < 4.78 is 36.1. The highest BCUT2D eigenvalue weighted by molar-refractivity contribution is 7.99. The summed E-state index contributed by atoms with van der Waals surface area (Å²) in [5, 5.41) is 0.812. The van der Waals surface area contributed by atoms with E-state index < -0.39 is 11.6 Å². The molecule has 0 bridgehead atoms. The number of piperazine rings is 1. The van der Waals surface area contributed by atoms with Crippen LogP contribution in [0.25, 0.3) is 22.0 Å². The molecular formula is C27H26F2N4O3S. The SMILES string of the molecule is C=CC(=O)N1CCN(c2nc(=O)n3c4c(c(-c5ccc(F)cc5F)c(C)cc24)SCC2(COC2)C3)CC1. The van der Waals surface area contributed by atoms with Crippen LogP contribution in [0.2, 0.25) is 0 Å². The monoisotopic (exact) mass is 524 g/mol. The number of rotatable bonds is 3. The lowest BCUT2D eigenvalue weighted by Crippen LogP contribution is -2.50. The molecule has 2 saturated heterocycles. The molecule has 0 N–H and O–H groups in total. The first-order valence-electron chi connectivity index (χ1n) is 12.2. The summed E-state index contributed by atoms with van der Waals surface area (Å²) in [5.41, 5.74) is 1.94. The number of anilines is 1. The molecule has 3 aromatic rings. The van der Waals surface area contributed by atoms with Gasteiger partial charge in [-0.05, 0) is 36.8 Å². The van der Waals surface area contributed by atoms with Gasteiger partial charge in [-0.15, -0.1) is 11.8 Å². The lowest BCUT2D eigenvalue weighted by Gasteiger charge is -2.40. The van der Waals surface area contributed by atoms with Gasteiger partial charge >= 0.3 is 5.69 Å². The molecule has 0 unspecified atom stereocenters. The predicted molar refractivity (Wildman–Crippen MR) is 139 cm³/mol. The maximum absolute atomic E-state index is 15.1. The molecule has 0 saturated carbocycles. The molecule has 1 spiro atoms. The summed E-state index contributed by atoms with van der Waals surface area (Å²) in [6, 6.07) is 5.56. The van der Waals surface area contributed by atoms with Crippen LogP contribution in [0, 0.1) is 24.0 Å². The lowest BCUT2D eigenvalue weighted by atomic mass is 9.88. The van der Waals surface area contributed by atoms with E-state index in [1.165, 1.54) is 18.2 Å². The van der Waals surface area contributed by atoms with Crippen LogP contribution in [0.5, 0.6) is 0 Å². The number of aryl methyl sites for hydroxylation is 1. The maximum Gasteiger partial charge on any atom is 0.350 e. The molecule has 4 heterocycles. The van der Waals surface area contributed by atoms with Crippen LogP contribution in [0.4, 0.5) is 14.6 Å². The van der Waals surface area contributed by atoms with E-state index >= 15 is 4.39 Å². The Labute approximate surface area is 216 Å². The minimum atomic E-state index is -0.642. The summed E-state index contributed by atoms with van der Waals surface area (Å²) in [5.74, 6) is -0.121. The molecule has 192 valence electrons. The first kappa shape index (κ1) is 24.1. The zero-order valence-electron chi connectivity index (χ0n) is 20.4. The Bertz CT molecular complexity index is 1510. The molecule has 2 fully saturated rings. The van der Waals surface area contributed by atoms with Crippen molar-refractivity contribution in [2.75, 3.05) is 50.0 Å². The molecular weight excluding hydrogens is 498 g/mol. The third-order valence-corrected chi connectivity index (χ3v) is 8.94. The van der Waals surface area contributed by atoms with Crippen molar-refractivity contribution in [2.24, 2.45) is 5.41 Å². The number of amides is 1. The summed E-state index contributed by atoms with van der Waals surface area (Å²) in [7, 11) is 0. The van der Waals surface area contributed by atoms with Gasteiger partial charge in [0.15, 0.2) is 0 Å². The number of carbonyl (C=O) groups is 1. The van der Waals surface area contributed by atoms with E-state index in [4.69, 9.17) is 4.74 Å². The minimum Gasteiger partial charge on any atom is -0.380 e. The summed E-state index contributed by atoms with van der Waals surface area (Å²) in [6.45, 7) is 9.07. The topological polar surface area (TPSA) is 67.7 Å². The van der Waals surface area contributed by atoms with E-state index in [-0.39, 0.29) is 17.0 Å². The van der Waals surface area contributed by atoms with Crippen LogP contribution in [0.3, 0.4) is 0 Å². The van der Waals surface area contributed by atoms with Crippen molar-refractivity contribution in [2.45, 2.75) is 18.4 Å². The van der Waals surface area contributed by atoms with E-state index in [2.05, 4.69) is 11.6 Å². The number of thioether (sulfide) groups is 1. The Morgan fingerprint density at radius 2 is 1.95 bits per heavy atom. The third kappa shape index (κ3) is 3.93. The van der Waals surface area contributed by atoms with Gasteiger partial charge in [0.2, 0.25) is 5.91 Å². The fourth-order valence-electron chi connectivity index (χ4n) is 5.52. The quantitative estimate of drug-likeness (QED) is 0.488. The highest BCUT2D eigenvalue weighted by Gasteiger charge is 2.42. The van der Waals surface area contributed by atoms with Crippen molar-refractivity contribution < 1.29 is 18.3 Å². The Hall–Kier alpha value is -3.24. The maximum atomic E-state index is 15.1. The Balaban J connectivity index is 1.56. The van der Waals surface area contributed by atoms with Crippen molar-refractivity contribution in [1.82, 2.24) is 14.5 Å². The lowest BCUT2D eigenvalue weighted by molar-refractivity contribution is -0.126. The number of aromatic nitrogens is 2.